The average molecular weight is 430 g/mol. The number of benzene rings is 1. The molecule has 0 radical (unpaired) electrons. The first-order valence-corrected chi connectivity index (χ1v) is 10.1. The molecule has 0 amide bonds. The van der Waals surface area contributed by atoms with Gasteiger partial charge in [-0.05, 0) is 63.9 Å². The third-order valence-electron chi connectivity index (χ3n) is 5.31. The minimum atomic E-state index is -0.727. The molecular formula is C22H21ClFN3O3. The lowest BCUT2D eigenvalue weighted by molar-refractivity contribution is 0.0474. The fourth-order valence-corrected chi connectivity index (χ4v) is 4.07. The molecule has 8 heteroatoms. The number of esters is 1. The number of carbonyl (C=O) groups is 2. The number of nitrogens with zero attached hydrogens (tertiary/aromatic N) is 3. The van der Waals surface area contributed by atoms with Crippen molar-refractivity contribution in [2.75, 3.05) is 6.61 Å². The van der Waals surface area contributed by atoms with Gasteiger partial charge in [-0.3, -0.25) is 4.79 Å². The van der Waals surface area contributed by atoms with Crippen molar-refractivity contribution in [2.45, 2.75) is 39.7 Å². The van der Waals surface area contributed by atoms with Crippen LogP contribution in [0.15, 0.2) is 30.3 Å². The predicted octanol–water partition coefficient (Wildman–Crippen LogP) is 4.77. The van der Waals surface area contributed by atoms with Crippen LogP contribution in [0, 0.1) is 26.6 Å². The number of Topliss-reactive ketones (excluding diaryl/α,β-unsaturated/α-hetero) is 1. The maximum atomic E-state index is 13.2. The lowest BCUT2D eigenvalue weighted by Gasteiger charge is -2.08. The standard InChI is InChI=1S/C22H21ClFN3O3/c1-12-10-18(14(3)26(12)16-8-9-16)19(28)11-30-22(29)20-13(2)25-27(21(20)23)17-6-4-15(24)5-7-17/h4-7,10,16H,8-9,11H2,1-3H3. The zero-order chi connectivity index (χ0) is 21.6. The van der Waals surface area contributed by atoms with Crippen LogP contribution in [0.2, 0.25) is 5.15 Å². The van der Waals surface area contributed by atoms with E-state index in [0.717, 1.165) is 24.2 Å². The number of ketones is 1. The van der Waals surface area contributed by atoms with E-state index in [-0.39, 0.29) is 23.1 Å². The van der Waals surface area contributed by atoms with E-state index in [1.54, 1.807) is 6.92 Å². The van der Waals surface area contributed by atoms with Crippen molar-refractivity contribution in [3.63, 3.8) is 0 Å². The molecule has 2 heterocycles. The zero-order valence-electron chi connectivity index (χ0n) is 16.9. The SMILES string of the molecule is Cc1nn(-c2ccc(F)cc2)c(Cl)c1C(=O)OCC(=O)c1cc(C)n(C2CC2)c1C. The van der Waals surface area contributed by atoms with Gasteiger partial charge < -0.3 is 9.30 Å². The van der Waals surface area contributed by atoms with Gasteiger partial charge in [0.15, 0.2) is 6.61 Å². The number of aromatic nitrogens is 3. The quantitative estimate of drug-likeness (QED) is 0.418. The number of aryl methyl sites for hydroxylation is 2. The summed E-state index contributed by atoms with van der Waals surface area (Å²) in [4.78, 5) is 25.3. The van der Waals surface area contributed by atoms with Crippen LogP contribution < -0.4 is 0 Å². The molecule has 1 fully saturated rings. The molecule has 6 nitrogen and oxygen atoms in total. The van der Waals surface area contributed by atoms with E-state index in [2.05, 4.69) is 9.67 Å². The molecule has 1 saturated carbocycles. The number of carbonyl (C=O) groups excluding carboxylic acids is 2. The molecule has 0 atom stereocenters. The van der Waals surface area contributed by atoms with Gasteiger partial charge in [0.2, 0.25) is 5.78 Å². The summed E-state index contributed by atoms with van der Waals surface area (Å²) in [5, 5.41) is 4.29. The van der Waals surface area contributed by atoms with Gasteiger partial charge in [0.1, 0.15) is 16.5 Å². The Morgan fingerprint density at radius 2 is 1.87 bits per heavy atom. The Balaban J connectivity index is 1.50. The normalized spacial score (nSPS) is 13.5. The molecule has 0 N–H and O–H groups in total. The van der Waals surface area contributed by atoms with Crippen LogP contribution in [-0.4, -0.2) is 32.7 Å². The summed E-state index contributed by atoms with van der Waals surface area (Å²) in [6.45, 7) is 5.12. The third-order valence-corrected chi connectivity index (χ3v) is 5.66. The summed E-state index contributed by atoms with van der Waals surface area (Å²) >= 11 is 6.34. The Bertz CT molecular complexity index is 1140. The van der Waals surface area contributed by atoms with Crippen LogP contribution in [0.4, 0.5) is 4.39 Å². The highest BCUT2D eigenvalue weighted by Gasteiger charge is 2.29. The van der Waals surface area contributed by atoms with Gasteiger partial charge in [-0.25, -0.2) is 13.9 Å². The van der Waals surface area contributed by atoms with E-state index in [4.69, 9.17) is 16.3 Å². The molecule has 2 aromatic heterocycles. The van der Waals surface area contributed by atoms with Crippen molar-refractivity contribution < 1.29 is 18.7 Å². The van der Waals surface area contributed by atoms with E-state index >= 15 is 0 Å². The number of halogens is 2. The van der Waals surface area contributed by atoms with Gasteiger partial charge in [-0.15, -0.1) is 0 Å². The number of rotatable bonds is 6. The summed E-state index contributed by atoms with van der Waals surface area (Å²) < 4.78 is 21.9. The second kappa shape index (κ2) is 7.72. The number of hydrogen-bond acceptors (Lipinski definition) is 4. The second-order valence-electron chi connectivity index (χ2n) is 7.52. The van der Waals surface area contributed by atoms with Crippen molar-refractivity contribution in [2.24, 2.45) is 0 Å². The molecule has 0 aliphatic heterocycles. The van der Waals surface area contributed by atoms with E-state index in [0.29, 0.717) is 23.0 Å². The van der Waals surface area contributed by atoms with Crippen molar-refractivity contribution in [1.29, 1.82) is 0 Å². The maximum Gasteiger partial charge on any atom is 0.343 e. The van der Waals surface area contributed by atoms with Crippen LogP contribution >= 0.6 is 11.6 Å². The van der Waals surface area contributed by atoms with E-state index in [1.807, 2.05) is 19.9 Å². The summed E-state index contributed by atoms with van der Waals surface area (Å²) in [5.41, 5.74) is 3.44. The third kappa shape index (κ3) is 3.65. The highest BCUT2D eigenvalue weighted by molar-refractivity contribution is 6.33. The molecule has 0 saturated heterocycles. The van der Waals surface area contributed by atoms with E-state index in [9.17, 15) is 14.0 Å². The first-order valence-electron chi connectivity index (χ1n) is 9.67. The largest absolute Gasteiger partial charge is 0.454 e. The Morgan fingerprint density at radius 1 is 1.20 bits per heavy atom. The summed E-state index contributed by atoms with van der Waals surface area (Å²) in [5.74, 6) is -1.38. The van der Waals surface area contributed by atoms with Gasteiger partial charge in [-0.2, -0.15) is 5.10 Å². The highest BCUT2D eigenvalue weighted by atomic mass is 35.5. The molecule has 0 unspecified atom stereocenters. The summed E-state index contributed by atoms with van der Waals surface area (Å²) in [7, 11) is 0. The Kier molecular flexibility index (Phi) is 5.24. The van der Waals surface area contributed by atoms with Gasteiger partial charge in [-0.1, -0.05) is 11.6 Å². The number of ether oxygens (including phenoxy) is 1. The molecular weight excluding hydrogens is 409 g/mol. The lowest BCUT2D eigenvalue weighted by atomic mass is 10.1. The Labute approximate surface area is 178 Å². The predicted molar refractivity (Wildman–Crippen MR) is 110 cm³/mol. The first kappa shape index (κ1) is 20.3. The first-order chi connectivity index (χ1) is 14.3. The fourth-order valence-electron chi connectivity index (χ4n) is 3.72. The van der Waals surface area contributed by atoms with Crippen molar-refractivity contribution in [1.82, 2.24) is 14.3 Å². The van der Waals surface area contributed by atoms with Crippen molar-refractivity contribution in [3.8, 4) is 5.69 Å². The molecule has 156 valence electrons. The lowest BCUT2D eigenvalue weighted by Crippen LogP contribution is -2.15. The maximum absolute atomic E-state index is 13.2. The van der Waals surface area contributed by atoms with Crippen molar-refractivity contribution >= 4 is 23.4 Å². The van der Waals surface area contributed by atoms with E-state index < -0.39 is 11.8 Å². The smallest absolute Gasteiger partial charge is 0.343 e. The van der Waals surface area contributed by atoms with Crippen LogP contribution in [0.5, 0.6) is 0 Å². The topological polar surface area (TPSA) is 66.1 Å². The zero-order valence-corrected chi connectivity index (χ0v) is 17.7. The molecule has 0 spiro atoms. The Hall–Kier alpha value is -2.93. The summed E-state index contributed by atoms with van der Waals surface area (Å²) in [6.07, 6.45) is 2.24. The van der Waals surface area contributed by atoms with Crippen LogP contribution in [0.25, 0.3) is 5.69 Å². The van der Waals surface area contributed by atoms with E-state index in [1.165, 1.54) is 28.9 Å². The molecule has 4 rings (SSSR count). The van der Waals surface area contributed by atoms with Crippen LogP contribution in [0.1, 0.15) is 56.7 Å². The number of hydrogen-bond donors (Lipinski definition) is 0. The molecule has 3 aromatic rings. The van der Waals surface area contributed by atoms with Gasteiger partial charge in [0.25, 0.3) is 0 Å². The monoisotopic (exact) mass is 429 g/mol. The van der Waals surface area contributed by atoms with Gasteiger partial charge in [0, 0.05) is 23.0 Å². The Morgan fingerprint density at radius 3 is 2.50 bits per heavy atom. The minimum Gasteiger partial charge on any atom is -0.454 e. The fraction of sp³-hybridized carbons (Fsp3) is 0.318. The highest BCUT2D eigenvalue weighted by Crippen LogP contribution is 2.38. The minimum absolute atomic E-state index is 0.0449. The van der Waals surface area contributed by atoms with Gasteiger partial charge in [0.05, 0.1) is 11.4 Å². The summed E-state index contributed by atoms with van der Waals surface area (Å²) in [6, 6.07) is 7.86. The molecule has 30 heavy (non-hydrogen) atoms. The second-order valence-corrected chi connectivity index (χ2v) is 7.88. The molecule has 0 bridgehead atoms. The van der Waals surface area contributed by atoms with Crippen LogP contribution in [0.3, 0.4) is 0 Å². The van der Waals surface area contributed by atoms with Crippen LogP contribution in [-0.2, 0) is 4.74 Å². The average Bonchev–Trinajstić information content (AvgIpc) is 3.43. The molecule has 1 aromatic carbocycles. The molecule has 1 aliphatic carbocycles. The van der Waals surface area contributed by atoms with Crippen molar-refractivity contribution in [3.05, 3.63) is 69.5 Å². The van der Waals surface area contributed by atoms with Gasteiger partial charge >= 0.3 is 5.97 Å². The molecule has 1 aliphatic rings.